The lowest BCUT2D eigenvalue weighted by Crippen LogP contribution is -2.20. The number of carbonyl (C=O) groups is 1. The van der Waals surface area contributed by atoms with Crippen LogP contribution in [0.25, 0.3) is 0 Å². The Labute approximate surface area is 123 Å². The molecule has 3 N–H and O–H groups in total. The van der Waals surface area contributed by atoms with E-state index in [1.807, 2.05) is 0 Å². The van der Waals surface area contributed by atoms with Crippen LogP contribution in [0, 0.1) is 5.95 Å². The molecule has 0 radical (unpaired) electrons. The molecule has 0 saturated carbocycles. The van der Waals surface area contributed by atoms with Crippen molar-refractivity contribution in [2.75, 3.05) is 10.6 Å². The van der Waals surface area contributed by atoms with Crippen molar-refractivity contribution < 1.29 is 14.3 Å². The highest BCUT2D eigenvalue weighted by molar-refractivity contribution is 9.10. The predicted molar refractivity (Wildman–Crippen MR) is 76.9 cm³/mol. The topological polar surface area (TPSA) is 74.2 Å². The summed E-state index contributed by atoms with van der Waals surface area (Å²) in [6.07, 6.45) is 1.25. The van der Waals surface area contributed by atoms with Crippen molar-refractivity contribution in [3.05, 3.63) is 52.5 Å². The molecule has 0 saturated heterocycles. The number of anilines is 2. The van der Waals surface area contributed by atoms with E-state index in [2.05, 4.69) is 31.5 Å². The Morgan fingerprint density at radius 1 is 1.35 bits per heavy atom. The van der Waals surface area contributed by atoms with Crippen LogP contribution in [0.1, 0.15) is 5.56 Å². The Balaban J connectivity index is 2.11. The first kappa shape index (κ1) is 14.4. The zero-order chi connectivity index (χ0) is 14.5. The van der Waals surface area contributed by atoms with Gasteiger partial charge in [-0.1, -0.05) is 22.0 Å². The molecule has 2 rings (SSSR count). The molecule has 104 valence electrons. The molecule has 1 aromatic carbocycles. The van der Waals surface area contributed by atoms with Gasteiger partial charge < -0.3 is 15.7 Å². The number of aliphatic hydroxyl groups excluding tert-OH is 1. The molecule has 1 heterocycles. The summed E-state index contributed by atoms with van der Waals surface area (Å²) >= 11 is 3.28. The average molecular weight is 340 g/mol. The molecule has 5 nitrogen and oxygen atoms in total. The summed E-state index contributed by atoms with van der Waals surface area (Å²) in [5, 5.41) is 14.3. The third-order valence-corrected chi connectivity index (χ3v) is 3.25. The van der Waals surface area contributed by atoms with Gasteiger partial charge in [-0.2, -0.15) is 4.39 Å². The highest BCUT2D eigenvalue weighted by atomic mass is 79.9. The van der Waals surface area contributed by atoms with Crippen molar-refractivity contribution >= 4 is 33.3 Å². The van der Waals surface area contributed by atoms with Crippen LogP contribution >= 0.6 is 15.9 Å². The second kappa shape index (κ2) is 6.44. The summed E-state index contributed by atoms with van der Waals surface area (Å²) in [6.45, 7) is -0.221. The van der Waals surface area contributed by atoms with E-state index in [4.69, 9.17) is 0 Å². The third-order valence-electron chi connectivity index (χ3n) is 2.51. The largest absolute Gasteiger partial charge is 0.392 e. The molecule has 0 bridgehead atoms. The van der Waals surface area contributed by atoms with Gasteiger partial charge in [-0.05, 0) is 18.2 Å². The van der Waals surface area contributed by atoms with Gasteiger partial charge in [-0.3, -0.25) is 0 Å². The number of aliphatic hydroxyl groups is 1. The van der Waals surface area contributed by atoms with Crippen LogP contribution in [0.5, 0.6) is 0 Å². The molecule has 0 aliphatic rings. The SMILES string of the molecule is O=C(Nc1ccnc(F)c1)Nc1cccc(Br)c1CO. The van der Waals surface area contributed by atoms with Gasteiger partial charge in [0.1, 0.15) is 0 Å². The van der Waals surface area contributed by atoms with Crippen LogP contribution in [0.15, 0.2) is 41.0 Å². The van der Waals surface area contributed by atoms with Crippen molar-refractivity contribution in [1.82, 2.24) is 4.98 Å². The molecule has 0 unspecified atom stereocenters. The molecule has 2 amide bonds. The van der Waals surface area contributed by atoms with E-state index >= 15 is 0 Å². The molecular formula is C13H11BrFN3O2. The first-order valence-corrected chi connectivity index (χ1v) is 6.47. The molecule has 0 spiro atoms. The summed E-state index contributed by atoms with van der Waals surface area (Å²) in [4.78, 5) is 15.2. The number of pyridine rings is 1. The normalized spacial score (nSPS) is 10.2. The Bertz CT molecular complexity index is 637. The van der Waals surface area contributed by atoms with Crippen molar-refractivity contribution in [2.24, 2.45) is 0 Å². The molecule has 0 aliphatic heterocycles. The van der Waals surface area contributed by atoms with Crippen LogP contribution in [-0.4, -0.2) is 16.1 Å². The van der Waals surface area contributed by atoms with Gasteiger partial charge >= 0.3 is 6.03 Å². The minimum atomic E-state index is -0.679. The summed E-state index contributed by atoms with van der Waals surface area (Å²) in [6, 6.07) is 7.17. The first-order valence-electron chi connectivity index (χ1n) is 5.68. The Hall–Kier alpha value is -1.99. The summed E-state index contributed by atoms with van der Waals surface area (Å²) in [5.74, 6) is -0.679. The number of rotatable bonds is 3. The lowest BCUT2D eigenvalue weighted by Gasteiger charge is -2.12. The van der Waals surface area contributed by atoms with Gasteiger partial charge in [-0.15, -0.1) is 0 Å². The standard InChI is InChI=1S/C13H11BrFN3O2/c14-10-2-1-3-11(9(10)7-19)18-13(20)17-8-4-5-16-12(15)6-8/h1-6,19H,7H2,(H2,16,17,18,20). The van der Waals surface area contributed by atoms with Crippen molar-refractivity contribution in [3.8, 4) is 0 Å². The second-order valence-corrected chi connectivity index (χ2v) is 4.72. The molecule has 1 aromatic heterocycles. The molecule has 0 atom stereocenters. The van der Waals surface area contributed by atoms with Crippen molar-refractivity contribution in [1.29, 1.82) is 0 Å². The van der Waals surface area contributed by atoms with Gasteiger partial charge in [0.25, 0.3) is 0 Å². The highest BCUT2D eigenvalue weighted by Gasteiger charge is 2.09. The number of carbonyl (C=O) groups excluding carboxylic acids is 1. The van der Waals surface area contributed by atoms with Crippen LogP contribution in [0.4, 0.5) is 20.6 Å². The molecule has 2 aromatic rings. The van der Waals surface area contributed by atoms with Crippen LogP contribution in [-0.2, 0) is 6.61 Å². The van der Waals surface area contributed by atoms with Gasteiger partial charge in [0.05, 0.1) is 6.61 Å². The lowest BCUT2D eigenvalue weighted by atomic mass is 10.2. The second-order valence-electron chi connectivity index (χ2n) is 3.87. The summed E-state index contributed by atoms with van der Waals surface area (Å²) in [5.41, 5.74) is 1.31. The molecule has 0 fully saturated rings. The number of aromatic nitrogens is 1. The van der Waals surface area contributed by atoms with Gasteiger partial charge in [0.2, 0.25) is 5.95 Å². The van der Waals surface area contributed by atoms with Crippen molar-refractivity contribution in [3.63, 3.8) is 0 Å². The van der Waals surface area contributed by atoms with E-state index < -0.39 is 12.0 Å². The van der Waals surface area contributed by atoms with Crippen LogP contribution in [0.2, 0.25) is 0 Å². The number of halogens is 2. The zero-order valence-corrected chi connectivity index (χ0v) is 11.8. The number of hydrogen-bond acceptors (Lipinski definition) is 3. The summed E-state index contributed by atoms with van der Waals surface area (Å²) in [7, 11) is 0. The Kier molecular flexibility index (Phi) is 4.65. The molecule has 7 heteroatoms. The number of hydrogen-bond donors (Lipinski definition) is 3. The fourth-order valence-corrected chi connectivity index (χ4v) is 2.09. The van der Waals surface area contributed by atoms with E-state index in [1.165, 1.54) is 12.3 Å². The van der Waals surface area contributed by atoms with Crippen molar-refractivity contribution in [2.45, 2.75) is 6.61 Å². The number of nitrogens with one attached hydrogen (secondary N) is 2. The highest BCUT2D eigenvalue weighted by Crippen LogP contribution is 2.24. The molecule has 20 heavy (non-hydrogen) atoms. The third kappa shape index (κ3) is 3.52. The maximum Gasteiger partial charge on any atom is 0.323 e. The van der Waals surface area contributed by atoms with Gasteiger partial charge in [-0.25, -0.2) is 9.78 Å². The van der Waals surface area contributed by atoms with Gasteiger partial charge in [0, 0.05) is 33.7 Å². The minimum absolute atomic E-state index is 0.221. The first-order chi connectivity index (χ1) is 9.60. The smallest absolute Gasteiger partial charge is 0.323 e. The average Bonchev–Trinajstić information content (AvgIpc) is 2.38. The van der Waals surface area contributed by atoms with Crippen LogP contribution < -0.4 is 10.6 Å². The summed E-state index contributed by atoms with van der Waals surface area (Å²) < 4.78 is 13.6. The quantitative estimate of drug-likeness (QED) is 0.752. The zero-order valence-electron chi connectivity index (χ0n) is 10.2. The van der Waals surface area contributed by atoms with Gasteiger partial charge in [0.15, 0.2) is 0 Å². The monoisotopic (exact) mass is 339 g/mol. The van der Waals surface area contributed by atoms with E-state index in [9.17, 15) is 14.3 Å². The van der Waals surface area contributed by atoms with Crippen LogP contribution in [0.3, 0.4) is 0 Å². The predicted octanol–water partition coefficient (Wildman–Crippen LogP) is 3.12. The van der Waals surface area contributed by atoms with E-state index in [0.717, 1.165) is 6.07 Å². The number of amides is 2. The fourth-order valence-electron chi connectivity index (χ4n) is 1.60. The molecule has 0 aliphatic carbocycles. The maximum absolute atomic E-state index is 12.9. The van der Waals surface area contributed by atoms with E-state index in [1.54, 1.807) is 18.2 Å². The maximum atomic E-state index is 12.9. The number of urea groups is 1. The number of benzene rings is 1. The Morgan fingerprint density at radius 2 is 2.15 bits per heavy atom. The lowest BCUT2D eigenvalue weighted by molar-refractivity contribution is 0.262. The Morgan fingerprint density at radius 3 is 2.85 bits per heavy atom. The number of nitrogens with zero attached hydrogens (tertiary/aromatic N) is 1. The molecular weight excluding hydrogens is 329 g/mol. The van der Waals surface area contributed by atoms with E-state index in [-0.39, 0.29) is 12.3 Å². The van der Waals surface area contributed by atoms with E-state index in [0.29, 0.717) is 15.7 Å². The fraction of sp³-hybridized carbons (Fsp3) is 0.0769. The minimum Gasteiger partial charge on any atom is -0.392 e.